The smallest absolute Gasteiger partial charge is 0.376 e. The van der Waals surface area contributed by atoms with Crippen molar-refractivity contribution in [3.05, 3.63) is 58.1 Å². The number of carbonyl (C=O) groups is 1. The van der Waals surface area contributed by atoms with E-state index < -0.39 is 17.6 Å². The third-order valence-electron chi connectivity index (χ3n) is 3.61. The van der Waals surface area contributed by atoms with E-state index in [0.717, 1.165) is 35.0 Å². The molecule has 0 unspecified atom stereocenters. The van der Waals surface area contributed by atoms with Crippen molar-refractivity contribution in [3.63, 3.8) is 0 Å². The summed E-state index contributed by atoms with van der Waals surface area (Å²) in [6, 6.07) is 8.42. The zero-order valence-corrected chi connectivity index (χ0v) is 13.8. The maximum Gasteiger partial charge on any atom is 0.416 e. The Bertz CT molecular complexity index is 760. The van der Waals surface area contributed by atoms with Gasteiger partial charge in [-0.3, -0.25) is 4.79 Å². The van der Waals surface area contributed by atoms with Crippen molar-refractivity contribution in [2.75, 3.05) is 17.2 Å². The minimum absolute atomic E-state index is 0.0445. The van der Waals surface area contributed by atoms with Gasteiger partial charge in [0, 0.05) is 5.69 Å². The van der Waals surface area contributed by atoms with Gasteiger partial charge < -0.3 is 10.6 Å². The molecule has 0 heterocycles. The number of hydrogen-bond donors (Lipinski definition) is 2. The van der Waals surface area contributed by atoms with Gasteiger partial charge in [-0.1, -0.05) is 23.7 Å². The molecule has 7 heteroatoms. The summed E-state index contributed by atoms with van der Waals surface area (Å²) < 4.78 is 38.2. The average molecular weight is 357 g/mol. The standard InChI is InChI=1S/C17H16ClF3N2O/c1-10-4-3-5-14(11(10)2)22-9-16(24)23-15-8-12(17(19,20)21)6-7-13(15)18/h3-8,22H,9H2,1-2H3,(H,23,24). The molecule has 0 spiro atoms. The molecule has 0 fully saturated rings. The van der Waals surface area contributed by atoms with Gasteiger partial charge in [0.25, 0.3) is 0 Å². The quantitative estimate of drug-likeness (QED) is 0.807. The summed E-state index contributed by atoms with van der Waals surface area (Å²) >= 11 is 5.85. The van der Waals surface area contributed by atoms with Crippen LogP contribution in [0.3, 0.4) is 0 Å². The molecule has 0 saturated heterocycles. The molecule has 2 rings (SSSR count). The molecule has 0 aliphatic rings. The first-order chi connectivity index (χ1) is 11.2. The number of hydrogen-bond acceptors (Lipinski definition) is 2. The van der Waals surface area contributed by atoms with E-state index in [-0.39, 0.29) is 17.3 Å². The van der Waals surface area contributed by atoms with E-state index in [2.05, 4.69) is 10.6 Å². The Morgan fingerprint density at radius 1 is 1.12 bits per heavy atom. The van der Waals surface area contributed by atoms with Gasteiger partial charge in [-0.25, -0.2) is 0 Å². The van der Waals surface area contributed by atoms with Gasteiger partial charge >= 0.3 is 6.18 Å². The Balaban J connectivity index is 2.06. The van der Waals surface area contributed by atoms with Crippen LogP contribution in [0.5, 0.6) is 0 Å². The lowest BCUT2D eigenvalue weighted by Crippen LogP contribution is -2.22. The third kappa shape index (κ3) is 4.41. The molecule has 3 nitrogen and oxygen atoms in total. The van der Waals surface area contributed by atoms with E-state index >= 15 is 0 Å². The van der Waals surface area contributed by atoms with Gasteiger partial charge in [-0.15, -0.1) is 0 Å². The molecule has 2 N–H and O–H groups in total. The van der Waals surface area contributed by atoms with Crippen molar-refractivity contribution in [3.8, 4) is 0 Å². The number of aryl methyl sites for hydroxylation is 1. The molecule has 0 radical (unpaired) electrons. The van der Waals surface area contributed by atoms with Crippen LogP contribution in [0.15, 0.2) is 36.4 Å². The second-order valence-electron chi connectivity index (χ2n) is 5.34. The first-order valence-corrected chi connectivity index (χ1v) is 7.53. The number of benzene rings is 2. The Labute approximate surface area is 142 Å². The maximum atomic E-state index is 12.7. The molecule has 0 atom stereocenters. The highest BCUT2D eigenvalue weighted by Gasteiger charge is 2.31. The van der Waals surface area contributed by atoms with E-state index in [0.29, 0.717) is 0 Å². The van der Waals surface area contributed by atoms with Crippen LogP contribution < -0.4 is 10.6 Å². The monoisotopic (exact) mass is 356 g/mol. The first kappa shape index (κ1) is 18.1. The number of nitrogens with one attached hydrogen (secondary N) is 2. The first-order valence-electron chi connectivity index (χ1n) is 7.15. The van der Waals surface area contributed by atoms with E-state index in [1.165, 1.54) is 0 Å². The number of anilines is 2. The lowest BCUT2D eigenvalue weighted by atomic mass is 10.1. The van der Waals surface area contributed by atoms with E-state index in [4.69, 9.17) is 11.6 Å². The SMILES string of the molecule is Cc1cccc(NCC(=O)Nc2cc(C(F)(F)F)ccc2Cl)c1C. The molecular weight excluding hydrogens is 341 g/mol. The van der Waals surface area contributed by atoms with Crippen LogP contribution in [0.2, 0.25) is 5.02 Å². The predicted octanol–water partition coefficient (Wildman–Crippen LogP) is 5.03. The summed E-state index contributed by atoms with van der Waals surface area (Å²) in [6.45, 7) is 3.78. The molecule has 2 aromatic rings. The van der Waals surface area contributed by atoms with Gasteiger partial charge in [0.1, 0.15) is 0 Å². The predicted molar refractivity (Wildman–Crippen MR) is 89.5 cm³/mol. The molecule has 128 valence electrons. The van der Waals surface area contributed by atoms with Crippen molar-refractivity contribution in [2.45, 2.75) is 20.0 Å². The van der Waals surface area contributed by atoms with Gasteiger partial charge in [-0.05, 0) is 49.2 Å². The van der Waals surface area contributed by atoms with Gasteiger partial charge in [-0.2, -0.15) is 13.2 Å². The van der Waals surface area contributed by atoms with Crippen molar-refractivity contribution in [1.29, 1.82) is 0 Å². The summed E-state index contributed by atoms with van der Waals surface area (Å²) in [5.41, 5.74) is 1.92. The summed E-state index contributed by atoms with van der Waals surface area (Å²) in [7, 11) is 0. The zero-order valence-electron chi connectivity index (χ0n) is 13.1. The van der Waals surface area contributed by atoms with Crippen LogP contribution in [0.25, 0.3) is 0 Å². The Hall–Kier alpha value is -2.21. The molecule has 1 amide bonds. The summed E-state index contributed by atoms with van der Waals surface area (Å²) in [5, 5.41) is 5.40. The molecule has 0 aliphatic heterocycles. The van der Waals surface area contributed by atoms with Crippen LogP contribution in [0.4, 0.5) is 24.5 Å². The van der Waals surface area contributed by atoms with Crippen LogP contribution in [0.1, 0.15) is 16.7 Å². The highest BCUT2D eigenvalue weighted by atomic mass is 35.5. The van der Waals surface area contributed by atoms with Crippen LogP contribution in [0, 0.1) is 13.8 Å². The highest BCUT2D eigenvalue weighted by Crippen LogP contribution is 2.33. The topological polar surface area (TPSA) is 41.1 Å². The maximum absolute atomic E-state index is 12.7. The number of carbonyl (C=O) groups excluding carboxylic acids is 1. The summed E-state index contributed by atoms with van der Waals surface area (Å²) in [6.07, 6.45) is -4.50. The normalized spacial score (nSPS) is 11.2. The number of halogens is 4. The molecule has 2 aromatic carbocycles. The van der Waals surface area contributed by atoms with E-state index in [9.17, 15) is 18.0 Å². The molecule has 0 saturated carbocycles. The molecule has 24 heavy (non-hydrogen) atoms. The Morgan fingerprint density at radius 2 is 1.83 bits per heavy atom. The largest absolute Gasteiger partial charge is 0.416 e. The average Bonchev–Trinajstić information content (AvgIpc) is 2.50. The molecule has 0 bridgehead atoms. The Morgan fingerprint density at radius 3 is 2.50 bits per heavy atom. The summed E-state index contributed by atoms with van der Waals surface area (Å²) in [5.74, 6) is -0.489. The van der Waals surface area contributed by atoms with Crippen molar-refractivity contribution in [2.24, 2.45) is 0 Å². The van der Waals surface area contributed by atoms with Crippen LogP contribution >= 0.6 is 11.6 Å². The summed E-state index contributed by atoms with van der Waals surface area (Å²) in [4.78, 5) is 12.0. The van der Waals surface area contributed by atoms with E-state index in [1.54, 1.807) is 0 Å². The van der Waals surface area contributed by atoms with Gasteiger partial charge in [0.15, 0.2) is 0 Å². The van der Waals surface area contributed by atoms with Crippen LogP contribution in [-0.2, 0) is 11.0 Å². The fourth-order valence-electron chi connectivity index (χ4n) is 2.11. The number of rotatable bonds is 4. The van der Waals surface area contributed by atoms with E-state index in [1.807, 2.05) is 32.0 Å². The minimum Gasteiger partial charge on any atom is -0.376 e. The van der Waals surface area contributed by atoms with Gasteiger partial charge in [0.2, 0.25) is 5.91 Å². The van der Waals surface area contributed by atoms with Gasteiger partial charge in [0.05, 0.1) is 22.8 Å². The lowest BCUT2D eigenvalue weighted by molar-refractivity contribution is -0.137. The number of alkyl halides is 3. The highest BCUT2D eigenvalue weighted by molar-refractivity contribution is 6.33. The Kier molecular flexibility index (Phi) is 5.39. The molecule has 0 aliphatic carbocycles. The van der Waals surface area contributed by atoms with Crippen molar-refractivity contribution >= 4 is 28.9 Å². The fourth-order valence-corrected chi connectivity index (χ4v) is 2.27. The second-order valence-corrected chi connectivity index (χ2v) is 5.75. The molecular formula is C17H16ClF3N2O. The second kappa shape index (κ2) is 7.13. The van der Waals surface area contributed by atoms with Crippen molar-refractivity contribution < 1.29 is 18.0 Å². The minimum atomic E-state index is -4.50. The lowest BCUT2D eigenvalue weighted by Gasteiger charge is -2.13. The fraction of sp³-hybridized carbons (Fsp3) is 0.235. The molecule has 0 aromatic heterocycles. The third-order valence-corrected chi connectivity index (χ3v) is 3.94. The van der Waals surface area contributed by atoms with Crippen molar-refractivity contribution in [1.82, 2.24) is 0 Å². The van der Waals surface area contributed by atoms with Crippen LogP contribution in [-0.4, -0.2) is 12.5 Å². The number of amides is 1. The zero-order chi connectivity index (χ0) is 17.9.